The number of aromatic nitrogens is 2. The number of rotatable bonds is 4. The molecule has 0 aliphatic heterocycles. The van der Waals surface area contributed by atoms with Gasteiger partial charge >= 0.3 is 0 Å². The molecule has 0 saturated carbocycles. The van der Waals surface area contributed by atoms with Crippen molar-refractivity contribution >= 4 is 9.84 Å². The molecule has 3 aromatic carbocycles. The first-order valence-electron chi connectivity index (χ1n) is 9.61. The van der Waals surface area contributed by atoms with Gasteiger partial charge in [0.05, 0.1) is 22.3 Å². The molecule has 0 N–H and O–H groups in total. The second-order valence-corrected chi connectivity index (χ2v) is 9.35. The van der Waals surface area contributed by atoms with Crippen LogP contribution in [-0.4, -0.2) is 24.5 Å². The number of nitrogens with zero attached hydrogens (tertiary/aromatic N) is 2. The van der Waals surface area contributed by atoms with E-state index in [-0.39, 0.29) is 21.7 Å². The van der Waals surface area contributed by atoms with E-state index < -0.39 is 27.0 Å². The second kappa shape index (κ2) is 8.12. The van der Waals surface area contributed by atoms with Gasteiger partial charge in [-0.25, -0.2) is 17.2 Å². The lowest BCUT2D eigenvalue weighted by molar-refractivity contribution is 0.602. The summed E-state index contributed by atoms with van der Waals surface area (Å²) in [4.78, 5) is 13.7. The lowest BCUT2D eigenvalue weighted by Gasteiger charge is -2.14. The first-order chi connectivity index (χ1) is 15.2. The van der Waals surface area contributed by atoms with E-state index >= 15 is 0 Å². The lowest BCUT2D eigenvalue weighted by atomic mass is 9.97. The zero-order chi connectivity index (χ0) is 23.0. The van der Waals surface area contributed by atoms with E-state index in [9.17, 15) is 22.0 Å². The van der Waals surface area contributed by atoms with Crippen LogP contribution in [0.1, 0.15) is 5.56 Å². The first-order valence-corrected chi connectivity index (χ1v) is 11.5. The van der Waals surface area contributed by atoms with Gasteiger partial charge in [0, 0.05) is 17.4 Å². The monoisotopic (exact) mass is 452 g/mol. The number of hydrogen-bond acceptors (Lipinski definition) is 4. The molecule has 5 nitrogen and oxygen atoms in total. The molecule has 0 unspecified atom stereocenters. The molecule has 0 aliphatic rings. The molecular formula is C24H18F2N2O3S. The topological polar surface area (TPSA) is 69.0 Å². The van der Waals surface area contributed by atoms with Crippen molar-refractivity contribution in [3.63, 3.8) is 0 Å². The fraction of sp³-hybridized carbons (Fsp3) is 0.0833. The Hall–Kier alpha value is -3.65. The molecule has 0 atom stereocenters. The Labute approximate surface area is 183 Å². The van der Waals surface area contributed by atoms with Crippen LogP contribution in [0.5, 0.6) is 0 Å². The third kappa shape index (κ3) is 3.97. The standard InChI is InChI=1S/C24H18F2N2O3S/c1-15-21(26)4-3-5-22(15)28-24(29)23(17-6-10-18(25)11-7-17)20(14-27-28)16-8-12-19(13-9-16)32(2,30)31/h3-14H,1-2H3. The second-order valence-electron chi connectivity index (χ2n) is 7.34. The van der Waals surface area contributed by atoms with Crippen molar-refractivity contribution in [2.24, 2.45) is 0 Å². The van der Waals surface area contributed by atoms with Gasteiger partial charge < -0.3 is 0 Å². The Kier molecular flexibility index (Phi) is 5.48. The van der Waals surface area contributed by atoms with Crippen molar-refractivity contribution in [1.82, 2.24) is 9.78 Å². The van der Waals surface area contributed by atoms with E-state index in [2.05, 4.69) is 5.10 Å². The summed E-state index contributed by atoms with van der Waals surface area (Å²) in [6.07, 6.45) is 2.57. The van der Waals surface area contributed by atoms with Gasteiger partial charge in [-0.05, 0) is 54.4 Å². The minimum Gasteiger partial charge on any atom is -0.267 e. The molecule has 1 aromatic heterocycles. The highest BCUT2D eigenvalue weighted by atomic mass is 32.2. The van der Waals surface area contributed by atoms with Gasteiger partial charge in [0.2, 0.25) is 0 Å². The van der Waals surface area contributed by atoms with E-state index in [1.54, 1.807) is 25.1 Å². The van der Waals surface area contributed by atoms with E-state index in [4.69, 9.17) is 0 Å². The predicted octanol–water partition coefficient (Wildman–Crippen LogP) is 4.56. The molecule has 4 rings (SSSR count). The average molecular weight is 452 g/mol. The molecule has 0 fully saturated rings. The number of sulfone groups is 1. The van der Waals surface area contributed by atoms with Crippen molar-refractivity contribution in [2.45, 2.75) is 11.8 Å². The summed E-state index contributed by atoms with van der Waals surface area (Å²) in [6.45, 7) is 1.55. The summed E-state index contributed by atoms with van der Waals surface area (Å²) in [5, 5.41) is 4.25. The minimum absolute atomic E-state index is 0.140. The predicted molar refractivity (Wildman–Crippen MR) is 118 cm³/mol. The third-order valence-electron chi connectivity index (χ3n) is 5.17. The number of halogens is 2. The lowest BCUT2D eigenvalue weighted by Crippen LogP contribution is -2.24. The molecule has 0 spiro atoms. The van der Waals surface area contributed by atoms with Gasteiger partial charge in [0.25, 0.3) is 5.56 Å². The van der Waals surface area contributed by atoms with Gasteiger partial charge in [0.1, 0.15) is 11.6 Å². The maximum atomic E-state index is 14.1. The zero-order valence-electron chi connectivity index (χ0n) is 17.2. The van der Waals surface area contributed by atoms with Crippen LogP contribution in [0.3, 0.4) is 0 Å². The van der Waals surface area contributed by atoms with Crippen LogP contribution >= 0.6 is 0 Å². The van der Waals surface area contributed by atoms with Crippen LogP contribution in [0, 0.1) is 18.6 Å². The van der Waals surface area contributed by atoms with E-state index in [1.807, 2.05) is 0 Å². The van der Waals surface area contributed by atoms with Gasteiger partial charge in [0.15, 0.2) is 9.84 Å². The van der Waals surface area contributed by atoms with Gasteiger partial charge in [-0.15, -0.1) is 0 Å². The molecule has 0 bridgehead atoms. The van der Waals surface area contributed by atoms with Crippen molar-refractivity contribution in [2.75, 3.05) is 6.26 Å². The molecule has 0 saturated heterocycles. The summed E-state index contributed by atoms with van der Waals surface area (Å²) in [6, 6.07) is 15.9. The minimum atomic E-state index is -3.39. The smallest absolute Gasteiger partial charge is 0.267 e. The fourth-order valence-corrected chi connectivity index (χ4v) is 4.08. The first kappa shape index (κ1) is 21.6. The molecule has 162 valence electrons. The van der Waals surface area contributed by atoms with Crippen LogP contribution in [0.15, 0.2) is 82.6 Å². The van der Waals surface area contributed by atoms with Gasteiger partial charge in [-0.3, -0.25) is 4.79 Å². The van der Waals surface area contributed by atoms with Crippen molar-refractivity contribution in [3.8, 4) is 27.9 Å². The highest BCUT2D eigenvalue weighted by Gasteiger charge is 2.18. The molecule has 0 radical (unpaired) electrons. The molecule has 1 heterocycles. The van der Waals surface area contributed by atoms with Gasteiger partial charge in [-0.2, -0.15) is 9.78 Å². The SMILES string of the molecule is Cc1c(F)cccc1-n1ncc(-c2ccc(S(C)(=O)=O)cc2)c(-c2ccc(F)cc2)c1=O. The highest BCUT2D eigenvalue weighted by Crippen LogP contribution is 2.30. The quantitative estimate of drug-likeness (QED) is 0.455. The summed E-state index contributed by atoms with van der Waals surface area (Å²) >= 11 is 0. The number of hydrogen-bond donors (Lipinski definition) is 0. The maximum absolute atomic E-state index is 14.1. The van der Waals surface area contributed by atoms with Crippen molar-refractivity contribution in [1.29, 1.82) is 0 Å². The van der Waals surface area contributed by atoms with Crippen LogP contribution in [0.25, 0.3) is 27.9 Å². The van der Waals surface area contributed by atoms with Crippen LogP contribution in [-0.2, 0) is 9.84 Å². The van der Waals surface area contributed by atoms with E-state index in [0.29, 0.717) is 16.7 Å². The fourth-order valence-electron chi connectivity index (χ4n) is 3.45. The Morgan fingerprint density at radius 2 is 1.50 bits per heavy atom. The summed E-state index contributed by atoms with van der Waals surface area (Å²) in [7, 11) is -3.39. The molecule has 8 heteroatoms. The van der Waals surface area contributed by atoms with Crippen molar-refractivity contribution < 1.29 is 17.2 Å². The zero-order valence-corrected chi connectivity index (χ0v) is 18.0. The van der Waals surface area contributed by atoms with Crippen LogP contribution in [0.4, 0.5) is 8.78 Å². The van der Waals surface area contributed by atoms with Gasteiger partial charge in [-0.1, -0.05) is 30.3 Å². The summed E-state index contributed by atoms with van der Waals surface area (Å²) in [5.74, 6) is -0.928. The number of benzene rings is 3. The molecule has 0 amide bonds. The molecule has 4 aromatic rings. The Bertz CT molecular complexity index is 1480. The Morgan fingerprint density at radius 1 is 0.875 bits per heavy atom. The Morgan fingerprint density at radius 3 is 2.12 bits per heavy atom. The van der Waals surface area contributed by atoms with Crippen molar-refractivity contribution in [3.05, 3.63) is 100 Å². The van der Waals surface area contributed by atoms with E-state index in [1.165, 1.54) is 54.7 Å². The third-order valence-corrected chi connectivity index (χ3v) is 6.30. The van der Waals surface area contributed by atoms with Crippen LogP contribution < -0.4 is 5.56 Å². The maximum Gasteiger partial charge on any atom is 0.280 e. The van der Waals surface area contributed by atoms with Crippen LogP contribution in [0.2, 0.25) is 0 Å². The average Bonchev–Trinajstić information content (AvgIpc) is 2.76. The normalized spacial score (nSPS) is 11.5. The largest absolute Gasteiger partial charge is 0.280 e. The molecule has 0 aliphatic carbocycles. The summed E-state index contributed by atoms with van der Waals surface area (Å²) < 4.78 is 52.3. The highest BCUT2D eigenvalue weighted by molar-refractivity contribution is 7.90. The van der Waals surface area contributed by atoms with E-state index in [0.717, 1.165) is 10.9 Å². The Balaban J connectivity index is 1.99. The molecular weight excluding hydrogens is 434 g/mol. The molecule has 32 heavy (non-hydrogen) atoms. The summed E-state index contributed by atoms with van der Waals surface area (Å²) in [5.41, 5.74) is 1.71.